The molecule has 1 saturated heterocycles. The van der Waals surface area contributed by atoms with Crippen molar-refractivity contribution in [3.8, 4) is 0 Å². The van der Waals surface area contributed by atoms with Crippen molar-refractivity contribution in [2.45, 2.75) is 39.5 Å². The van der Waals surface area contributed by atoms with Gasteiger partial charge < -0.3 is 14.5 Å². The van der Waals surface area contributed by atoms with Gasteiger partial charge in [0.1, 0.15) is 5.76 Å². The Morgan fingerprint density at radius 2 is 2.00 bits per heavy atom. The SMILES string of the molecule is Cc1noc(C)c1CC(=O)N1CCC(CC(=O)O)CC1. The van der Waals surface area contributed by atoms with E-state index in [1.165, 1.54) is 0 Å². The zero-order valence-corrected chi connectivity index (χ0v) is 11.9. The molecule has 2 rings (SSSR count). The summed E-state index contributed by atoms with van der Waals surface area (Å²) in [6.07, 6.45) is 2.04. The summed E-state index contributed by atoms with van der Waals surface area (Å²) in [6.45, 7) is 4.92. The molecular weight excluding hydrogens is 260 g/mol. The highest BCUT2D eigenvalue weighted by Gasteiger charge is 2.25. The molecule has 0 saturated carbocycles. The minimum absolute atomic E-state index is 0.0631. The molecule has 0 atom stereocenters. The van der Waals surface area contributed by atoms with E-state index in [0.717, 1.165) is 24.1 Å². The maximum absolute atomic E-state index is 12.2. The van der Waals surface area contributed by atoms with E-state index in [4.69, 9.17) is 9.63 Å². The van der Waals surface area contributed by atoms with Gasteiger partial charge in [-0.1, -0.05) is 5.16 Å². The van der Waals surface area contributed by atoms with Crippen molar-refractivity contribution in [3.63, 3.8) is 0 Å². The average Bonchev–Trinajstić information content (AvgIpc) is 2.70. The quantitative estimate of drug-likeness (QED) is 0.904. The molecule has 1 amide bonds. The third-order valence-electron chi connectivity index (χ3n) is 3.94. The standard InChI is InChI=1S/C14H20N2O4/c1-9-12(10(2)20-15-9)8-13(17)16-5-3-11(4-6-16)7-14(18)19/h11H,3-8H2,1-2H3,(H,18,19). The Hall–Kier alpha value is -1.85. The Balaban J connectivity index is 1.88. The van der Waals surface area contributed by atoms with Crippen molar-refractivity contribution in [1.82, 2.24) is 10.1 Å². The van der Waals surface area contributed by atoms with Crippen LogP contribution in [0.4, 0.5) is 0 Å². The number of aromatic nitrogens is 1. The molecule has 1 aliphatic rings. The van der Waals surface area contributed by atoms with Crippen LogP contribution in [0.15, 0.2) is 4.52 Å². The molecule has 6 nitrogen and oxygen atoms in total. The minimum atomic E-state index is -0.759. The summed E-state index contributed by atoms with van der Waals surface area (Å²) in [5, 5.41) is 12.6. The molecule has 1 N–H and O–H groups in total. The molecule has 1 aromatic heterocycles. The monoisotopic (exact) mass is 280 g/mol. The van der Waals surface area contributed by atoms with Gasteiger partial charge in [-0.05, 0) is 32.6 Å². The topological polar surface area (TPSA) is 83.6 Å². The number of hydrogen-bond acceptors (Lipinski definition) is 4. The lowest BCUT2D eigenvalue weighted by molar-refractivity contribution is -0.138. The number of carbonyl (C=O) groups is 2. The average molecular weight is 280 g/mol. The molecule has 1 fully saturated rings. The first-order valence-corrected chi connectivity index (χ1v) is 6.88. The van der Waals surface area contributed by atoms with E-state index in [9.17, 15) is 9.59 Å². The van der Waals surface area contributed by atoms with Crippen LogP contribution in [0.1, 0.15) is 36.3 Å². The minimum Gasteiger partial charge on any atom is -0.481 e. The molecule has 0 aromatic carbocycles. The van der Waals surface area contributed by atoms with Gasteiger partial charge >= 0.3 is 5.97 Å². The van der Waals surface area contributed by atoms with Gasteiger partial charge in [0.15, 0.2) is 0 Å². The second kappa shape index (κ2) is 6.07. The first-order valence-electron chi connectivity index (χ1n) is 6.88. The maximum atomic E-state index is 12.2. The van der Waals surface area contributed by atoms with Crippen LogP contribution in [-0.4, -0.2) is 40.1 Å². The Morgan fingerprint density at radius 1 is 1.35 bits per heavy atom. The van der Waals surface area contributed by atoms with Gasteiger partial charge in [0, 0.05) is 25.1 Å². The molecular formula is C14H20N2O4. The Labute approximate surface area is 117 Å². The zero-order valence-electron chi connectivity index (χ0n) is 11.9. The second-order valence-electron chi connectivity index (χ2n) is 5.40. The molecule has 2 heterocycles. The van der Waals surface area contributed by atoms with E-state index in [0.29, 0.717) is 25.3 Å². The summed E-state index contributed by atoms with van der Waals surface area (Å²) in [6, 6.07) is 0. The van der Waals surface area contributed by atoms with Gasteiger partial charge in [0.05, 0.1) is 12.1 Å². The first kappa shape index (κ1) is 14.6. The number of aryl methyl sites for hydroxylation is 2. The molecule has 1 aliphatic heterocycles. The highest BCUT2D eigenvalue weighted by molar-refractivity contribution is 5.79. The highest BCUT2D eigenvalue weighted by atomic mass is 16.5. The van der Waals surface area contributed by atoms with Gasteiger partial charge in [0.2, 0.25) is 5.91 Å². The fourth-order valence-corrected chi connectivity index (χ4v) is 2.65. The van der Waals surface area contributed by atoms with E-state index in [-0.39, 0.29) is 18.2 Å². The lowest BCUT2D eigenvalue weighted by Crippen LogP contribution is -2.39. The number of amides is 1. The number of nitrogens with zero attached hydrogens (tertiary/aromatic N) is 2. The molecule has 1 aromatic rings. The van der Waals surface area contributed by atoms with Crippen molar-refractivity contribution in [2.75, 3.05) is 13.1 Å². The summed E-state index contributed by atoms with van der Waals surface area (Å²) < 4.78 is 5.06. The van der Waals surface area contributed by atoms with Crippen LogP contribution in [0.2, 0.25) is 0 Å². The maximum Gasteiger partial charge on any atom is 0.303 e. The van der Waals surface area contributed by atoms with E-state index in [1.807, 2.05) is 18.7 Å². The molecule has 0 aliphatic carbocycles. The first-order chi connectivity index (χ1) is 9.47. The number of likely N-dealkylation sites (tertiary alicyclic amines) is 1. The summed E-state index contributed by atoms with van der Waals surface area (Å²) >= 11 is 0. The van der Waals surface area contributed by atoms with Gasteiger partial charge in [-0.25, -0.2) is 0 Å². The van der Waals surface area contributed by atoms with Gasteiger partial charge in [-0.15, -0.1) is 0 Å². The fraction of sp³-hybridized carbons (Fsp3) is 0.643. The van der Waals surface area contributed by atoms with E-state index < -0.39 is 5.97 Å². The third-order valence-corrected chi connectivity index (χ3v) is 3.94. The van der Waals surface area contributed by atoms with Gasteiger partial charge in [-0.3, -0.25) is 9.59 Å². The summed E-state index contributed by atoms with van der Waals surface area (Å²) in [7, 11) is 0. The number of aliphatic carboxylic acids is 1. The Kier molecular flexibility index (Phi) is 4.42. The largest absolute Gasteiger partial charge is 0.481 e. The van der Waals surface area contributed by atoms with E-state index >= 15 is 0 Å². The smallest absolute Gasteiger partial charge is 0.303 e. The van der Waals surface area contributed by atoms with Gasteiger partial charge in [0.25, 0.3) is 0 Å². The van der Waals surface area contributed by atoms with Crippen LogP contribution in [0, 0.1) is 19.8 Å². The fourth-order valence-electron chi connectivity index (χ4n) is 2.65. The van der Waals surface area contributed by atoms with E-state index in [1.54, 1.807) is 0 Å². The van der Waals surface area contributed by atoms with Crippen molar-refractivity contribution in [1.29, 1.82) is 0 Å². The van der Waals surface area contributed by atoms with Crippen LogP contribution < -0.4 is 0 Å². The highest BCUT2D eigenvalue weighted by Crippen LogP contribution is 2.22. The predicted molar refractivity (Wildman–Crippen MR) is 71.2 cm³/mol. The lowest BCUT2D eigenvalue weighted by Gasteiger charge is -2.31. The predicted octanol–water partition coefficient (Wildman–Crippen LogP) is 1.55. The van der Waals surface area contributed by atoms with E-state index in [2.05, 4.69) is 5.16 Å². The molecule has 110 valence electrons. The van der Waals surface area contributed by atoms with Crippen LogP contribution in [0.5, 0.6) is 0 Å². The molecule has 0 bridgehead atoms. The normalized spacial score (nSPS) is 16.4. The third kappa shape index (κ3) is 3.37. The van der Waals surface area contributed by atoms with Crippen molar-refractivity contribution in [3.05, 3.63) is 17.0 Å². The molecule has 0 spiro atoms. The summed E-state index contributed by atoms with van der Waals surface area (Å²) in [5.74, 6) is 0.186. The van der Waals surface area contributed by atoms with Gasteiger partial charge in [-0.2, -0.15) is 0 Å². The molecule has 0 unspecified atom stereocenters. The second-order valence-corrected chi connectivity index (χ2v) is 5.40. The van der Waals surface area contributed by atoms with Crippen molar-refractivity contribution < 1.29 is 19.2 Å². The van der Waals surface area contributed by atoms with Crippen molar-refractivity contribution >= 4 is 11.9 Å². The number of carboxylic acid groups (broad SMARTS) is 1. The summed E-state index contributed by atoms with van der Waals surface area (Å²) in [4.78, 5) is 24.7. The van der Waals surface area contributed by atoms with Crippen LogP contribution in [0.3, 0.4) is 0 Å². The number of rotatable bonds is 4. The van der Waals surface area contributed by atoms with Crippen LogP contribution in [-0.2, 0) is 16.0 Å². The number of carbonyl (C=O) groups excluding carboxylic acids is 1. The zero-order chi connectivity index (χ0) is 14.7. The van der Waals surface area contributed by atoms with Crippen LogP contribution >= 0.6 is 0 Å². The molecule has 0 radical (unpaired) electrons. The Morgan fingerprint density at radius 3 is 2.50 bits per heavy atom. The molecule has 6 heteroatoms. The number of hydrogen-bond donors (Lipinski definition) is 1. The van der Waals surface area contributed by atoms with Crippen LogP contribution in [0.25, 0.3) is 0 Å². The van der Waals surface area contributed by atoms with Crippen molar-refractivity contribution in [2.24, 2.45) is 5.92 Å². The number of carboxylic acids is 1. The molecule has 20 heavy (non-hydrogen) atoms. The summed E-state index contributed by atoms with van der Waals surface area (Å²) in [5.41, 5.74) is 1.62. The Bertz CT molecular complexity index is 482. The number of piperidine rings is 1. The lowest BCUT2D eigenvalue weighted by atomic mass is 9.93.